The second kappa shape index (κ2) is 4.51. The second-order valence-corrected chi connectivity index (χ2v) is 3.02. The Kier molecular flexibility index (Phi) is 4.37. The molecule has 60 valence electrons. The maximum Gasteiger partial charge on any atom is 0.0797 e. The van der Waals surface area contributed by atoms with Crippen LogP contribution in [-0.2, 0) is 0 Å². The van der Waals surface area contributed by atoms with Gasteiger partial charge in [0.2, 0.25) is 0 Å². The molecule has 0 heterocycles. The summed E-state index contributed by atoms with van der Waals surface area (Å²) in [5.41, 5.74) is -0.644. The lowest BCUT2D eigenvalue weighted by atomic mass is 9.99. The summed E-state index contributed by atoms with van der Waals surface area (Å²) in [4.78, 5) is 0. The van der Waals surface area contributed by atoms with Gasteiger partial charge in [0.05, 0.1) is 5.60 Å². The number of hydrogen-bond acceptors (Lipinski definition) is 1. The van der Waals surface area contributed by atoms with Crippen LogP contribution >= 0.6 is 0 Å². The number of rotatable bonds is 5. The molecule has 0 bridgehead atoms. The third kappa shape index (κ3) is 4.57. The highest BCUT2D eigenvalue weighted by Crippen LogP contribution is 2.14. The summed E-state index contributed by atoms with van der Waals surface area (Å²) >= 11 is 0. The standard InChI is InChI=1S/C9H18O/c1-4-6-7-8-9(3,10)5-2/h5,10H,2,4,6-8H2,1,3H3. The molecule has 0 aliphatic heterocycles. The molecule has 1 nitrogen and oxygen atoms in total. The monoisotopic (exact) mass is 142 g/mol. The van der Waals surface area contributed by atoms with Crippen molar-refractivity contribution in [3.8, 4) is 0 Å². The molecule has 0 spiro atoms. The van der Waals surface area contributed by atoms with Crippen LogP contribution in [0.5, 0.6) is 0 Å². The van der Waals surface area contributed by atoms with Crippen molar-refractivity contribution < 1.29 is 5.11 Å². The molecule has 0 radical (unpaired) electrons. The number of aliphatic hydroxyl groups is 1. The van der Waals surface area contributed by atoms with Gasteiger partial charge < -0.3 is 5.11 Å². The van der Waals surface area contributed by atoms with Crippen LogP contribution in [0.2, 0.25) is 0 Å². The van der Waals surface area contributed by atoms with E-state index in [0.717, 1.165) is 12.8 Å². The molecule has 0 amide bonds. The van der Waals surface area contributed by atoms with Crippen LogP contribution < -0.4 is 0 Å². The van der Waals surface area contributed by atoms with Gasteiger partial charge in [0.15, 0.2) is 0 Å². The van der Waals surface area contributed by atoms with E-state index in [9.17, 15) is 5.11 Å². The minimum Gasteiger partial charge on any atom is -0.386 e. The highest BCUT2D eigenvalue weighted by Gasteiger charge is 2.13. The molecule has 0 aromatic carbocycles. The SMILES string of the molecule is C=CC(C)(O)CCCCC. The molecule has 1 atom stereocenters. The quantitative estimate of drug-likeness (QED) is 0.462. The third-order valence-electron chi connectivity index (χ3n) is 1.73. The Balaban J connectivity index is 3.37. The average Bonchev–Trinajstić information content (AvgIpc) is 1.89. The lowest BCUT2D eigenvalue weighted by Gasteiger charge is -2.17. The first-order valence-corrected chi connectivity index (χ1v) is 3.98. The summed E-state index contributed by atoms with van der Waals surface area (Å²) in [7, 11) is 0. The molecule has 0 saturated carbocycles. The van der Waals surface area contributed by atoms with Gasteiger partial charge in [-0.05, 0) is 13.3 Å². The van der Waals surface area contributed by atoms with Gasteiger partial charge in [-0.2, -0.15) is 0 Å². The topological polar surface area (TPSA) is 20.2 Å². The molecule has 0 fully saturated rings. The number of unbranched alkanes of at least 4 members (excludes halogenated alkanes) is 2. The fraction of sp³-hybridized carbons (Fsp3) is 0.778. The normalized spacial score (nSPS) is 16.3. The summed E-state index contributed by atoms with van der Waals surface area (Å²) in [5.74, 6) is 0. The Morgan fingerprint density at radius 2 is 2.10 bits per heavy atom. The van der Waals surface area contributed by atoms with Crippen molar-refractivity contribution in [2.75, 3.05) is 0 Å². The minimum atomic E-state index is -0.644. The first-order chi connectivity index (χ1) is 4.62. The second-order valence-electron chi connectivity index (χ2n) is 3.02. The summed E-state index contributed by atoms with van der Waals surface area (Å²) in [6.07, 6.45) is 5.94. The molecular weight excluding hydrogens is 124 g/mol. The first kappa shape index (κ1) is 9.70. The lowest BCUT2D eigenvalue weighted by molar-refractivity contribution is 0.0990. The highest BCUT2D eigenvalue weighted by molar-refractivity contribution is 4.90. The zero-order chi connectivity index (χ0) is 8.04. The summed E-state index contributed by atoms with van der Waals surface area (Å²) in [5, 5.41) is 9.43. The molecule has 1 N–H and O–H groups in total. The summed E-state index contributed by atoms with van der Waals surface area (Å²) in [6, 6.07) is 0. The molecule has 0 aromatic heterocycles. The van der Waals surface area contributed by atoms with Crippen LogP contribution in [0.4, 0.5) is 0 Å². The van der Waals surface area contributed by atoms with Gasteiger partial charge in [-0.25, -0.2) is 0 Å². The fourth-order valence-corrected chi connectivity index (χ4v) is 0.835. The van der Waals surface area contributed by atoms with Crippen molar-refractivity contribution in [2.45, 2.75) is 45.1 Å². The summed E-state index contributed by atoms with van der Waals surface area (Å²) in [6.45, 7) is 7.52. The molecule has 0 rings (SSSR count). The first-order valence-electron chi connectivity index (χ1n) is 3.98. The average molecular weight is 142 g/mol. The van der Waals surface area contributed by atoms with Crippen molar-refractivity contribution in [1.82, 2.24) is 0 Å². The fourth-order valence-electron chi connectivity index (χ4n) is 0.835. The van der Waals surface area contributed by atoms with E-state index in [2.05, 4.69) is 13.5 Å². The van der Waals surface area contributed by atoms with Gasteiger partial charge in [-0.1, -0.05) is 32.3 Å². The van der Waals surface area contributed by atoms with Crippen molar-refractivity contribution in [3.05, 3.63) is 12.7 Å². The zero-order valence-corrected chi connectivity index (χ0v) is 7.06. The van der Waals surface area contributed by atoms with Crippen molar-refractivity contribution in [3.63, 3.8) is 0 Å². The van der Waals surface area contributed by atoms with Gasteiger partial charge in [0, 0.05) is 0 Å². The van der Waals surface area contributed by atoms with Crippen molar-refractivity contribution in [2.24, 2.45) is 0 Å². The molecule has 0 saturated heterocycles. The minimum absolute atomic E-state index is 0.644. The predicted molar refractivity (Wildman–Crippen MR) is 45.0 cm³/mol. The Bertz CT molecular complexity index is 94.9. The van der Waals surface area contributed by atoms with E-state index in [4.69, 9.17) is 0 Å². The zero-order valence-electron chi connectivity index (χ0n) is 7.06. The Labute approximate surface area is 63.8 Å². The Morgan fingerprint density at radius 3 is 2.50 bits per heavy atom. The maximum atomic E-state index is 9.43. The van der Waals surface area contributed by atoms with Crippen LogP contribution in [-0.4, -0.2) is 10.7 Å². The van der Waals surface area contributed by atoms with Crippen LogP contribution in [0.3, 0.4) is 0 Å². The maximum absolute atomic E-state index is 9.43. The molecular formula is C9H18O. The summed E-state index contributed by atoms with van der Waals surface area (Å²) < 4.78 is 0. The van der Waals surface area contributed by atoms with Crippen LogP contribution in [0.25, 0.3) is 0 Å². The molecule has 1 unspecified atom stereocenters. The van der Waals surface area contributed by atoms with E-state index in [0.29, 0.717) is 0 Å². The van der Waals surface area contributed by atoms with Crippen LogP contribution in [0, 0.1) is 0 Å². The Morgan fingerprint density at radius 1 is 1.50 bits per heavy atom. The van der Waals surface area contributed by atoms with Gasteiger partial charge >= 0.3 is 0 Å². The predicted octanol–water partition coefficient (Wildman–Crippen LogP) is 2.50. The van der Waals surface area contributed by atoms with Gasteiger partial charge in [0.1, 0.15) is 0 Å². The van der Waals surface area contributed by atoms with Crippen LogP contribution in [0.15, 0.2) is 12.7 Å². The largest absolute Gasteiger partial charge is 0.386 e. The number of hydrogen-bond donors (Lipinski definition) is 1. The van der Waals surface area contributed by atoms with Crippen molar-refractivity contribution in [1.29, 1.82) is 0 Å². The van der Waals surface area contributed by atoms with E-state index >= 15 is 0 Å². The Hall–Kier alpha value is -0.300. The van der Waals surface area contributed by atoms with Gasteiger partial charge in [0.25, 0.3) is 0 Å². The highest BCUT2D eigenvalue weighted by atomic mass is 16.3. The molecule has 10 heavy (non-hydrogen) atoms. The van der Waals surface area contributed by atoms with E-state index < -0.39 is 5.60 Å². The van der Waals surface area contributed by atoms with Gasteiger partial charge in [-0.3, -0.25) is 0 Å². The van der Waals surface area contributed by atoms with Gasteiger partial charge in [-0.15, -0.1) is 6.58 Å². The van der Waals surface area contributed by atoms with E-state index in [-0.39, 0.29) is 0 Å². The third-order valence-corrected chi connectivity index (χ3v) is 1.73. The lowest BCUT2D eigenvalue weighted by Crippen LogP contribution is -2.19. The molecule has 1 heteroatoms. The van der Waals surface area contributed by atoms with E-state index in [1.807, 2.05) is 0 Å². The molecule has 0 aliphatic carbocycles. The molecule has 0 aromatic rings. The van der Waals surface area contributed by atoms with Crippen molar-refractivity contribution >= 4 is 0 Å². The van der Waals surface area contributed by atoms with E-state index in [1.165, 1.54) is 12.8 Å². The van der Waals surface area contributed by atoms with E-state index in [1.54, 1.807) is 13.0 Å². The smallest absolute Gasteiger partial charge is 0.0797 e. The molecule has 0 aliphatic rings. The van der Waals surface area contributed by atoms with Crippen LogP contribution in [0.1, 0.15) is 39.5 Å².